The number of fused-ring (bicyclic) bond motifs is 1. The SMILES string of the molecule is Cc1nnc(C)n1-c1ccc(O[C@@H]2c3cc(Cl)cc(Cl)c3C[C@@H]2N2CCCN(C)CC2)c(F)c1. The lowest BCUT2D eigenvalue weighted by atomic mass is 10.1. The van der Waals surface area contributed by atoms with Gasteiger partial charge in [0.05, 0.1) is 11.7 Å². The van der Waals surface area contributed by atoms with Crippen molar-refractivity contribution in [3.63, 3.8) is 0 Å². The second kappa shape index (κ2) is 9.46. The molecule has 0 spiro atoms. The van der Waals surface area contributed by atoms with E-state index >= 15 is 4.39 Å². The summed E-state index contributed by atoms with van der Waals surface area (Å²) in [7, 11) is 2.15. The van der Waals surface area contributed by atoms with E-state index in [9.17, 15) is 0 Å². The van der Waals surface area contributed by atoms with Crippen LogP contribution in [0.4, 0.5) is 4.39 Å². The van der Waals surface area contributed by atoms with Crippen molar-refractivity contribution in [3.05, 3.63) is 69.0 Å². The van der Waals surface area contributed by atoms with Crippen LogP contribution in [0.3, 0.4) is 0 Å². The lowest BCUT2D eigenvalue weighted by molar-refractivity contribution is 0.0775. The first-order valence-electron chi connectivity index (χ1n) is 11.6. The third kappa shape index (κ3) is 4.42. The molecule has 34 heavy (non-hydrogen) atoms. The maximum atomic E-state index is 15.3. The van der Waals surface area contributed by atoms with Crippen LogP contribution in [0.5, 0.6) is 5.75 Å². The Labute approximate surface area is 209 Å². The topological polar surface area (TPSA) is 46.4 Å². The molecule has 5 rings (SSSR count). The first-order chi connectivity index (χ1) is 16.3. The van der Waals surface area contributed by atoms with Crippen LogP contribution < -0.4 is 4.74 Å². The number of likely N-dealkylation sites (N-methyl/N-ethyl adjacent to an activating group) is 1. The van der Waals surface area contributed by atoms with Gasteiger partial charge in [0.1, 0.15) is 17.8 Å². The van der Waals surface area contributed by atoms with E-state index in [2.05, 4.69) is 27.0 Å². The molecule has 0 N–H and O–H groups in total. The normalized spacial score (nSPS) is 21.5. The Kier molecular flexibility index (Phi) is 6.55. The van der Waals surface area contributed by atoms with Gasteiger partial charge in [-0.05, 0) is 76.7 Å². The van der Waals surface area contributed by atoms with Gasteiger partial charge in [-0.3, -0.25) is 9.47 Å². The van der Waals surface area contributed by atoms with Crippen LogP contribution in [0.25, 0.3) is 5.69 Å². The quantitative estimate of drug-likeness (QED) is 0.500. The highest BCUT2D eigenvalue weighted by atomic mass is 35.5. The summed E-state index contributed by atoms with van der Waals surface area (Å²) in [5, 5.41) is 9.34. The molecule has 6 nitrogen and oxygen atoms in total. The number of hydrogen-bond donors (Lipinski definition) is 0. The van der Waals surface area contributed by atoms with Crippen LogP contribution in [-0.4, -0.2) is 63.8 Å². The molecule has 1 aliphatic heterocycles. The fourth-order valence-corrected chi connectivity index (χ4v) is 5.77. The maximum Gasteiger partial charge on any atom is 0.167 e. The van der Waals surface area contributed by atoms with E-state index in [0.717, 1.165) is 50.1 Å². The minimum Gasteiger partial charge on any atom is -0.481 e. The predicted octanol–water partition coefficient (Wildman–Crippen LogP) is 5.01. The van der Waals surface area contributed by atoms with Crippen LogP contribution in [0.1, 0.15) is 35.3 Å². The lowest BCUT2D eigenvalue weighted by Gasteiger charge is -2.32. The van der Waals surface area contributed by atoms with Crippen molar-refractivity contribution in [2.45, 2.75) is 38.8 Å². The van der Waals surface area contributed by atoms with Crippen molar-refractivity contribution < 1.29 is 9.13 Å². The summed E-state index contributed by atoms with van der Waals surface area (Å²) in [6.45, 7) is 7.61. The van der Waals surface area contributed by atoms with Gasteiger partial charge in [0.2, 0.25) is 0 Å². The molecular weight excluding hydrogens is 476 g/mol. The Balaban J connectivity index is 1.49. The Morgan fingerprint density at radius 1 is 1.00 bits per heavy atom. The molecule has 180 valence electrons. The lowest BCUT2D eigenvalue weighted by Crippen LogP contribution is -2.42. The van der Waals surface area contributed by atoms with Gasteiger partial charge < -0.3 is 9.64 Å². The number of hydrogen-bond acceptors (Lipinski definition) is 5. The minimum absolute atomic E-state index is 0.0545. The molecule has 1 aromatic heterocycles. The number of nitrogens with zero attached hydrogens (tertiary/aromatic N) is 5. The first kappa shape index (κ1) is 23.5. The summed E-state index contributed by atoms with van der Waals surface area (Å²) in [5.41, 5.74) is 2.63. The van der Waals surface area contributed by atoms with Crippen molar-refractivity contribution >= 4 is 23.2 Å². The first-order valence-corrected chi connectivity index (χ1v) is 12.3. The molecule has 2 aromatic carbocycles. The third-order valence-corrected chi connectivity index (χ3v) is 7.46. The summed E-state index contributed by atoms with van der Waals surface area (Å²) in [6.07, 6.45) is 1.46. The van der Waals surface area contributed by atoms with Gasteiger partial charge in [0.15, 0.2) is 11.6 Å². The molecule has 9 heteroatoms. The molecule has 0 bridgehead atoms. The van der Waals surface area contributed by atoms with Crippen LogP contribution in [0, 0.1) is 19.7 Å². The van der Waals surface area contributed by atoms with Gasteiger partial charge in [-0.2, -0.15) is 0 Å². The zero-order chi connectivity index (χ0) is 24.0. The summed E-state index contributed by atoms with van der Waals surface area (Å²) in [4.78, 5) is 4.80. The molecule has 3 aromatic rings. The second-order valence-corrected chi connectivity index (χ2v) is 10.0. The van der Waals surface area contributed by atoms with Gasteiger partial charge >= 0.3 is 0 Å². The molecule has 0 amide bonds. The average molecular weight is 504 g/mol. The van der Waals surface area contributed by atoms with E-state index in [-0.39, 0.29) is 17.9 Å². The van der Waals surface area contributed by atoms with E-state index in [1.165, 1.54) is 6.07 Å². The molecule has 0 unspecified atom stereocenters. The number of aromatic nitrogens is 3. The maximum absolute atomic E-state index is 15.3. The molecule has 2 atom stereocenters. The Bertz CT molecular complexity index is 1200. The van der Waals surface area contributed by atoms with Crippen LogP contribution >= 0.6 is 23.2 Å². The third-order valence-electron chi connectivity index (χ3n) is 6.90. The molecular formula is C25H28Cl2FN5O. The number of benzene rings is 2. The highest BCUT2D eigenvalue weighted by Gasteiger charge is 2.40. The van der Waals surface area contributed by atoms with Crippen molar-refractivity contribution in [1.29, 1.82) is 0 Å². The zero-order valence-electron chi connectivity index (χ0n) is 19.6. The number of rotatable bonds is 4. The van der Waals surface area contributed by atoms with Gasteiger partial charge in [-0.15, -0.1) is 10.2 Å². The van der Waals surface area contributed by atoms with Crippen molar-refractivity contribution in [2.75, 3.05) is 33.2 Å². The van der Waals surface area contributed by atoms with E-state index < -0.39 is 5.82 Å². The predicted molar refractivity (Wildman–Crippen MR) is 132 cm³/mol. The standard InChI is InChI=1S/C25H28Cl2FN5O/c1-15-29-30-16(2)33(15)18-5-6-24(22(28)13-18)34-25-20-11-17(26)12-21(27)19(20)14-23(25)32-8-4-7-31(3)9-10-32/h5-6,11-13,23,25H,4,7-10,14H2,1-3H3/t23-,25+/m0/s1. The van der Waals surface area contributed by atoms with Crippen LogP contribution in [-0.2, 0) is 6.42 Å². The average Bonchev–Trinajstić information content (AvgIpc) is 3.22. The van der Waals surface area contributed by atoms with Crippen molar-refractivity contribution in [2.24, 2.45) is 0 Å². The number of aryl methyl sites for hydroxylation is 2. The van der Waals surface area contributed by atoms with E-state index in [1.807, 2.05) is 30.5 Å². The number of ether oxygens (including phenoxy) is 1. The molecule has 1 aliphatic carbocycles. The minimum atomic E-state index is -0.430. The van der Waals surface area contributed by atoms with Gasteiger partial charge in [-0.1, -0.05) is 23.2 Å². The molecule has 1 saturated heterocycles. The van der Waals surface area contributed by atoms with E-state index in [1.54, 1.807) is 12.1 Å². The zero-order valence-corrected chi connectivity index (χ0v) is 21.1. The molecule has 2 aliphatic rings. The largest absolute Gasteiger partial charge is 0.481 e. The van der Waals surface area contributed by atoms with E-state index in [0.29, 0.717) is 27.4 Å². The summed E-state index contributed by atoms with van der Waals surface area (Å²) >= 11 is 13.0. The fourth-order valence-electron chi connectivity index (χ4n) is 5.18. The Morgan fingerprint density at radius 3 is 2.50 bits per heavy atom. The van der Waals surface area contributed by atoms with Crippen LogP contribution in [0.15, 0.2) is 30.3 Å². The Hall–Kier alpha value is -2.19. The van der Waals surface area contributed by atoms with Crippen molar-refractivity contribution in [3.8, 4) is 11.4 Å². The molecule has 1 fully saturated rings. The monoisotopic (exact) mass is 503 g/mol. The van der Waals surface area contributed by atoms with Gasteiger partial charge in [-0.25, -0.2) is 4.39 Å². The highest BCUT2D eigenvalue weighted by Crippen LogP contribution is 2.43. The summed E-state index contributed by atoms with van der Waals surface area (Å²) in [5.74, 6) is 1.18. The fraction of sp³-hybridized carbons (Fsp3) is 0.440. The highest BCUT2D eigenvalue weighted by molar-refractivity contribution is 6.35. The Morgan fingerprint density at radius 2 is 1.76 bits per heavy atom. The summed E-state index contributed by atoms with van der Waals surface area (Å²) < 4.78 is 23.6. The van der Waals surface area contributed by atoms with Gasteiger partial charge in [0.25, 0.3) is 0 Å². The second-order valence-electron chi connectivity index (χ2n) is 9.20. The smallest absolute Gasteiger partial charge is 0.167 e. The molecule has 0 saturated carbocycles. The van der Waals surface area contributed by atoms with Crippen molar-refractivity contribution in [1.82, 2.24) is 24.6 Å². The molecule has 0 radical (unpaired) electrons. The molecule has 2 heterocycles. The number of halogens is 3. The van der Waals surface area contributed by atoms with Gasteiger partial charge in [0, 0.05) is 34.8 Å². The summed E-state index contributed by atoms with van der Waals surface area (Å²) in [6, 6.07) is 8.72. The van der Waals surface area contributed by atoms with Crippen LogP contribution in [0.2, 0.25) is 10.0 Å². The van der Waals surface area contributed by atoms with E-state index in [4.69, 9.17) is 27.9 Å².